The standard InChI is InChI=1S/C15H19N3O3S/c1-8(2)12-9-7-11(22-14(9)17(3)16-12)13(19)18-6-4-5-10(18)15(20)21/h7-8,10H,4-6H2,1-3H3,(H,20,21)/t10-/m0/s1. The Hall–Kier alpha value is -1.89. The molecule has 0 saturated carbocycles. The van der Waals surface area contributed by atoms with Crippen molar-refractivity contribution in [3.63, 3.8) is 0 Å². The fraction of sp³-hybridized carbons (Fsp3) is 0.533. The maximum absolute atomic E-state index is 12.7. The van der Waals surface area contributed by atoms with Gasteiger partial charge in [0.2, 0.25) is 0 Å². The molecule has 1 atom stereocenters. The van der Waals surface area contributed by atoms with Crippen molar-refractivity contribution in [2.75, 3.05) is 6.54 Å². The van der Waals surface area contributed by atoms with Crippen molar-refractivity contribution in [2.24, 2.45) is 7.05 Å². The van der Waals surface area contributed by atoms with Crippen LogP contribution in [0, 0.1) is 0 Å². The number of amides is 1. The lowest BCUT2D eigenvalue weighted by Crippen LogP contribution is -2.40. The number of hydrogen-bond acceptors (Lipinski definition) is 4. The number of carbonyl (C=O) groups excluding carboxylic acids is 1. The number of hydrogen-bond donors (Lipinski definition) is 1. The Balaban J connectivity index is 1.98. The summed E-state index contributed by atoms with van der Waals surface area (Å²) in [4.78, 5) is 27.0. The lowest BCUT2D eigenvalue weighted by Gasteiger charge is -2.20. The van der Waals surface area contributed by atoms with Crippen molar-refractivity contribution in [1.29, 1.82) is 0 Å². The van der Waals surface area contributed by atoms with E-state index in [2.05, 4.69) is 18.9 Å². The van der Waals surface area contributed by atoms with Crippen LogP contribution in [0.5, 0.6) is 0 Å². The molecule has 1 saturated heterocycles. The number of aromatic nitrogens is 2. The molecule has 7 heteroatoms. The normalized spacial score (nSPS) is 18.5. The molecular weight excluding hydrogens is 302 g/mol. The summed E-state index contributed by atoms with van der Waals surface area (Å²) in [5, 5.41) is 14.7. The second-order valence-electron chi connectivity index (χ2n) is 5.99. The van der Waals surface area contributed by atoms with Crippen molar-refractivity contribution in [3.05, 3.63) is 16.6 Å². The molecule has 0 aliphatic carbocycles. The number of carboxylic acid groups (broad SMARTS) is 1. The minimum atomic E-state index is -0.920. The maximum atomic E-state index is 12.7. The van der Waals surface area contributed by atoms with Gasteiger partial charge in [-0.05, 0) is 24.8 Å². The molecule has 1 fully saturated rings. The zero-order valence-corrected chi connectivity index (χ0v) is 13.7. The van der Waals surface area contributed by atoms with E-state index >= 15 is 0 Å². The van der Waals surface area contributed by atoms with Gasteiger partial charge in [-0.2, -0.15) is 5.10 Å². The molecule has 1 N–H and O–H groups in total. The van der Waals surface area contributed by atoms with E-state index in [1.54, 1.807) is 4.68 Å². The Morgan fingerprint density at radius 2 is 2.18 bits per heavy atom. The van der Waals surface area contributed by atoms with Gasteiger partial charge in [-0.3, -0.25) is 9.48 Å². The molecule has 0 radical (unpaired) electrons. The number of nitrogens with zero attached hydrogens (tertiary/aromatic N) is 3. The Morgan fingerprint density at radius 1 is 1.45 bits per heavy atom. The molecule has 1 amide bonds. The summed E-state index contributed by atoms with van der Waals surface area (Å²) >= 11 is 1.39. The smallest absolute Gasteiger partial charge is 0.326 e. The molecule has 3 heterocycles. The summed E-state index contributed by atoms with van der Waals surface area (Å²) in [5.74, 6) is -0.822. The first-order valence-electron chi connectivity index (χ1n) is 7.40. The summed E-state index contributed by atoms with van der Waals surface area (Å²) in [7, 11) is 1.87. The second-order valence-corrected chi connectivity index (χ2v) is 7.02. The molecule has 22 heavy (non-hydrogen) atoms. The van der Waals surface area contributed by atoms with Crippen molar-refractivity contribution in [1.82, 2.24) is 14.7 Å². The highest BCUT2D eigenvalue weighted by atomic mass is 32.1. The predicted molar refractivity (Wildman–Crippen MR) is 84.4 cm³/mol. The number of aliphatic carboxylic acids is 1. The number of likely N-dealkylation sites (tertiary alicyclic amines) is 1. The van der Waals surface area contributed by atoms with Gasteiger partial charge in [0.15, 0.2) is 0 Å². The average molecular weight is 321 g/mol. The van der Waals surface area contributed by atoms with Crippen LogP contribution in [-0.4, -0.2) is 44.3 Å². The van der Waals surface area contributed by atoms with Crippen LogP contribution in [0.25, 0.3) is 10.2 Å². The van der Waals surface area contributed by atoms with Crippen LogP contribution in [0.15, 0.2) is 6.07 Å². The maximum Gasteiger partial charge on any atom is 0.326 e. The number of carboxylic acids is 1. The molecule has 118 valence electrons. The van der Waals surface area contributed by atoms with Gasteiger partial charge in [-0.1, -0.05) is 13.8 Å². The molecule has 0 unspecified atom stereocenters. The number of carbonyl (C=O) groups is 2. The lowest BCUT2D eigenvalue weighted by atomic mass is 10.1. The van der Waals surface area contributed by atoms with E-state index in [1.807, 2.05) is 13.1 Å². The van der Waals surface area contributed by atoms with Crippen LogP contribution in [0.3, 0.4) is 0 Å². The summed E-state index contributed by atoms with van der Waals surface area (Å²) < 4.78 is 1.80. The third kappa shape index (κ3) is 2.29. The number of aryl methyl sites for hydroxylation is 1. The van der Waals surface area contributed by atoms with Crippen molar-refractivity contribution >= 4 is 33.4 Å². The Bertz CT molecular complexity index is 747. The minimum absolute atomic E-state index is 0.180. The van der Waals surface area contributed by atoms with Crippen molar-refractivity contribution in [3.8, 4) is 0 Å². The monoisotopic (exact) mass is 321 g/mol. The van der Waals surface area contributed by atoms with Gasteiger partial charge in [0.25, 0.3) is 5.91 Å². The largest absolute Gasteiger partial charge is 0.480 e. The van der Waals surface area contributed by atoms with Gasteiger partial charge in [-0.25, -0.2) is 4.79 Å². The lowest BCUT2D eigenvalue weighted by molar-refractivity contribution is -0.141. The summed E-state index contributed by atoms with van der Waals surface area (Å²) in [5.41, 5.74) is 0.976. The molecule has 0 bridgehead atoms. The van der Waals surface area contributed by atoms with Gasteiger partial charge in [0.1, 0.15) is 10.9 Å². The summed E-state index contributed by atoms with van der Waals surface area (Å²) in [6.45, 7) is 4.66. The second kappa shape index (κ2) is 5.39. The van der Waals surface area contributed by atoms with Gasteiger partial charge in [0.05, 0.1) is 10.6 Å². The van der Waals surface area contributed by atoms with E-state index < -0.39 is 12.0 Å². The molecule has 3 rings (SSSR count). The van der Waals surface area contributed by atoms with Crippen molar-refractivity contribution in [2.45, 2.75) is 38.6 Å². The van der Waals surface area contributed by atoms with Crippen LogP contribution in [0.4, 0.5) is 0 Å². The molecule has 1 aliphatic heterocycles. The van der Waals surface area contributed by atoms with Crippen LogP contribution in [0.1, 0.15) is 48.0 Å². The zero-order valence-electron chi connectivity index (χ0n) is 12.9. The number of fused-ring (bicyclic) bond motifs is 1. The molecule has 0 spiro atoms. The van der Waals surface area contributed by atoms with E-state index in [-0.39, 0.29) is 11.8 Å². The van der Waals surface area contributed by atoms with Crippen LogP contribution >= 0.6 is 11.3 Å². The van der Waals surface area contributed by atoms with Gasteiger partial charge < -0.3 is 10.0 Å². The van der Waals surface area contributed by atoms with E-state index in [1.165, 1.54) is 16.2 Å². The SMILES string of the molecule is CC(C)c1nn(C)c2sc(C(=O)N3CCC[C@H]3C(=O)O)cc12. The Morgan fingerprint density at radius 3 is 2.82 bits per heavy atom. The first kappa shape index (κ1) is 15.0. The quantitative estimate of drug-likeness (QED) is 0.942. The molecule has 2 aromatic rings. The van der Waals surface area contributed by atoms with E-state index in [4.69, 9.17) is 0 Å². The third-order valence-corrected chi connectivity index (χ3v) is 5.29. The van der Waals surface area contributed by atoms with E-state index in [0.717, 1.165) is 22.3 Å². The minimum Gasteiger partial charge on any atom is -0.480 e. The van der Waals surface area contributed by atoms with Gasteiger partial charge in [-0.15, -0.1) is 11.3 Å². The molecule has 0 aromatic carbocycles. The highest BCUT2D eigenvalue weighted by Gasteiger charge is 2.35. The molecule has 6 nitrogen and oxygen atoms in total. The Labute approximate surface area is 132 Å². The molecular formula is C15H19N3O3S. The summed E-state index contributed by atoms with van der Waals surface area (Å²) in [6.07, 6.45) is 1.27. The first-order valence-corrected chi connectivity index (χ1v) is 8.22. The van der Waals surface area contributed by atoms with Crippen LogP contribution in [0.2, 0.25) is 0 Å². The predicted octanol–water partition coefficient (Wildman–Crippen LogP) is 2.45. The van der Waals surface area contributed by atoms with Crippen LogP contribution < -0.4 is 0 Å². The summed E-state index contributed by atoms with van der Waals surface area (Å²) in [6, 6.07) is 1.17. The van der Waals surface area contributed by atoms with E-state index in [9.17, 15) is 14.7 Å². The third-order valence-electron chi connectivity index (χ3n) is 4.10. The fourth-order valence-corrected chi connectivity index (χ4v) is 4.04. The van der Waals surface area contributed by atoms with Crippen molar-refractivity contribution < 1.29 is 14.7 Å². The van der Waals surface area contributed by atoms with Gasteiger partial charge in [0, 0.05) is 19.0 Å². The Kier molecular flexibility index (Phi) is 3.68. The number of rotatable bonds is 3. The molecule has 1 aliphatic rings. The molecule has 2 aromatic heterocycles. The fourth-order valence-electron chi connectivity index (χ4n) is 3.01. The van der Waals surface area contributed by atoms with E-state index in [0.29, 0.717) is 17.8 Å². The average Bonchev–Trinajstić information content (AvgIpc) is 3.13. The highest BCUT2D eigenvalue weighted by molar-refractivity contribution is 7.20. The van der Waals surface area contributed by atoms with Crippen LogP contribution in [-0.2, 0) is 11.8 Å². The van der Waals surface area contributed by atoms with Gasteiger partial charge >= 0.3 is 5.97 Å². The first-order chi connectivity index (χ1) is 10.4. The highest BCUT2D eigenvalue weighted by Crippen LogP contribution is 2.33. The number of thiophene rings is 1. The zero-order chi connectivity index (χ0) is 16.0. The topological polar surface area (TPSA) is 75.4 Å².